The van der Waals surface area contributed by atoms with Crippen molar-refractivity contribution in [2.24, 2.45) is 0 Å². The van der Waals surface area contributed by atoms with Gasteiger partial charge in [0.1, 0.15) is 0 Å². The summed E-state index contributed by atoms with van der Waals surface area (Å²) in [4.78, 5) is 10.9. The van der Waals surface area contributed by atoms with Crippen LogP contribution in [0.2, 0.25) is 0 Å². The van der Waals surface area contributed by atoms with Crippen molar-refractivity contribution in [1.29, 1.82) is 0 Å². The number of halogens is 3. The Morgan fingerprint density at radius 2 is 1.76 bits per heavy atom. The van der Waals surface area contributed by atoms with E-state index in [9.17, 15) is 18.0 Å². The highest BCUT2D eigenvalue weighted by Gasteiger charge is 2.34. The number of rotatable bonds is 3. The molecule has 0 heterocycles. The zero-order valence-electron chi connectivity index (χ0n) is 11.2. The van der Waals surface area contributed by atoms with Gasteiger partial charge in [-0.1, -0.05) is 37.3 Å². The molecule has 2 aromatic carbocycles. The number of aromatic carboxylic acids is 1. The highest BCUT2D eigenvalue weighted by Crippen LogP contribution is 2.38. The van der Waals surface area contributed by atoms with Gasteiger partial charge in [0, 0.05) is 0 Å². The number of aryl methyl sites for hydroxylation is 1. The van der Waals surface area contributed by atoms with Crippen LogP contribution in [0.3, 0.4) is 0 Å². The van der Waals surface area contributed by atoms with Gasteiger partial charge in [0.15, 0.2) is 0 Å². The molecule has 0 radical (unpaired) electrons. The number of carboxylic acids is 1. The van der Waals surface area contributed by atoms with Crippen LogP contribution in [0.1, 0.15) is 28.4 Å². The van der Waals surface area contributed by atoms with Crippen LogP contribution in [-0.2, 0) is 12.6 Å². The molecule has 21 heavy (non-hydrogen) atoms. The number of benzene rings is 2. The Morgan fingerprint density at radius 1 is 1.10 bits per heavy atom. The molecule has 0 saturated carbocycles. The van der Waals surface area contributed by atoms with Crippen LogP contribution >= 0.6 is 0 Å². The summed E-state index contributed by atoms with van der Waals surface area (Å²) < 4.78 is 39.7. The van der Waals surface area contributed by atoms with Gasteiger partial charge in [0.05, 0.1) is 11.1 Å². The third kappa shape index (κ3) is 3.07. The first-order valence-corrected chi connectivity index (χ1v) is 6.37. The minimum atomic E-state index is -4.61. The molecule has 110 valence electrons. The normalized spacial score (nSPS) is 11.4. The molecule has 0 aliphatic heterocycles. The summed E-state index contributed by atoms with van der Waals surface area (Å²) in [5, 5.41) is 8.87. The molecule has 0 saturated heterocycles. The van der Waals surface area contributed by atoms with Gasteiger partial charge in [0.25, 0.3) is 0 Å². The molecule has 0 aliphatic rings. The van der Waals surface area contributed by atoms with Crippen LogP contribution in [0, 0.1) is 0 Å². The molecule has 0 amide bonds. The number of carboxylic acid groups (broad SMARTS) is 1. The minimum absolute atomic E-state index is 0.00458. The maximum atomic E-state index is 13.2. The van der Waals surface area contributed by atoms with Crippen molar-refractivity contribution < 1.29 is 23.1 Å². The van der Waals surface area contributed by atoms with Crippen LogP contribution in [0.5, 0.6) is 0 Å². The third-order valence-electron chi connectivity index (χ3n) is 3.26. The summed E-state index contributed by atoms with van der Waals surface area (Å²) in [6.45, 7) is 1.86. The molecular formula is C16H13F3O2. The predicted octanol–water partition coefficient (Wildman–Crippen LogP) is 4.63. The molecule has 5 heteroatoms. The lowest BCUT2D eigenvalue weighted by Gasteiger charge is -2.16. The van der Waals surface area contributed by atoms with E-state index in [0.717, 1.165) is 5.56 Å². The summed E-state index contributed by atoms with van der Waals surface area (Å²) in [5.74, 6) is -1.38. The van der Waals surface area contributed by atoms with Crippen molar-refractivity contribution in [1.82, 2.24) is 0 Å². The van der Waals surface area contributed by atoms with Gasteiger partial charge in [-0.25, -0.2) is 4.79 Å². The molecule has 2 nitrogen and oxygen atoms in total. The van der Waals surface area contributed by atoms with Crippen molar-refractivity contribution in [3.63, 3.8) is 0 Å². The van der Waals surface area contributed by atoms with Crippen molar-refractivity contribution >= 4 is 5.97 Å². The van der Waals surface area contributed by atoms with Gasteiger partial charge < -0.3 is 5.11 Å². The van der Waals surface area contributed by atoms with E-state index in [0.29, 0.717) is 18.1 Å². The lowest BCUT2D eigenvalue weighted by atomic mass is 9.92. The first-order valence-electron chi connectivity index (χ1n) is 6.37. The summed E-state index contributed by atoms with van der Waals surface area (Å²) in [6.07, 6.45) is -4.02. The van der Waals surface area contributed by atoms with E-state index in [-0.39, 0.29) is 11.1 Å². The quantitative estimate of drug-likeness (QED) is 0.896. The summed E-state index contributed by atoms with van der Waals surface area (Å²) in [7, 11) is 0. The largest absolute Gasteiger partial charge is 0.478 e. The molecule has 2 aromatic rings. The molecule has 0 spiro atoms. The molecule has 0 atom stereocenters. The summed E-state index contributed by atoms with van der Waals surface area (Å²) in [6, 6.07) is 9.91. The standard InChI is InChI=1S/C16H13F3O2/c1-2-10-5-3-4-6-12(10)13-8-7-11(15(20)21)9-14(13)16(17,18)19/h3-9H,2H2,1H3,(H,20,21). The van der Waals surface area contributed by atoms with E-state index in [2.05, 4.69) is 0 Å². The lowest BCUT2D eigenvalue weighted by Crippen LogP contribution is -2.10. The topological polar surface area (TPSA) is 37.3 Å². The van der Waals surface area contributed by atoms with Crippen LogP contribution in [0.25, 0.3) is 11.1 Å². The minimum Gasteiger partial charge on any atom is -0.478 e. The highest BCUT2D eigenvalue weighted by atomic mass is 19.4. The molecule has 0 aliphatic carbocycles. The van der Waals surface area contributed by atoms with Crippen molar-refractivity contribution in [2.75, 3.05) is 0 Å². The SMILES string of the molecule is CCc1ccccc1-c1ccc(C(=O)O)cc1C(F)(F)F. The van der Waals surface area contributed by atoms with Crippen LogP contribution in [-0.4, -0.2) is 11.1 Å². The number of alkyl halides is 3. The maximum Gasteiger partial charge on any atom is 0.417 e. The first kappa shape index (κ1) is 15.1. The fraction of sp³-hybridized carbons (Fsp3) is 0.188. The lowest BCUT2D eigenvalue weighted by molar-refractivity contribution is -0.137. The maximum absolute atomic E-state index is 13.2. The number of hydrogen-bond acceptors (Lipinski definition) is 1. The molecule has 0 fully saturated rings. The fourth-order valence-corrected chi connectivity index (χ4v) is 2.24. The molecule has 2 rings (SSSR count). The Morgan fingerprint density at radius 3 is 2.33 bits per heavy atom. The van der Waals surface area contributed by atoms with E-state index >= 15 is 0 Å². The monoisotopic (exact) mass is 294 g/mol. The second-order valence-electron chi connectivity index (χ2n) is 4.57. The van der Waals surface area contributed by atoms with Gasteiger partial charge in [0.2, 0.25) is 0 Å². The van der Waals surface area contributed by atoms with E-state index in [1.54, 1.807) is 24.3 Å². The Hall–Kier alpha value is -2.30. The number of carbonyl (C=O) groups is 1. The van der Waals surface area contributed by atoms with Crippen LogP contribution < -0.4 is 0 Å². The Balaban J connectivity index is 2.71. The Bertz CT molecular complexity index is 675. The van der Waals surface area contributed by atoms with Crippen molar-refractivity contribution in [2.45, 2.75) is 19.5 Å². The zero-order chi connectivity index (χ0) is 15.6. The fourth-order valence-electron chi connectivity index (χ4n) is 2.24. The molecule has 0 aromatic heterocycles. The van der Waals surface area contributed by atoms with Crippen molar-refractivity contribution in [3.05, 3.63) is 59.2 Å². The number of hydrogen-bond donors (Lipinski definition) is 1. The smallest absolute Gasteiger partial charge is 0.417 e. The van der Waals surface area contributed by atoms with E-state index < -0.39 is 17.7 Å². The molecule has 1 N–H and O–H groups in total. The van der Waals surface area contributed by atoms with Crippen LogP contribution in [0.15, 0.2) is 42.5 Å². The summed E-state index contributed by atoms with van der Waals surface area (Å²) >= 11 is 0. The van der Waals surface area contributed by atoms with Gasteiger partial charge in [-0.2, -0.15) is 13.2 Å². The average Bonchev–Trinajstić information content (AvgIpc) is 2.45. The Kier molecular flexibility index (Phi) is 4.02. The third-order valence-corrected chi connectivity index (χ3v) is 3.26. The molecular weight excluding hydrogens is 281 g/mol. The highest BCUT2D eigenvalue weighted by molar-refractivity contribution is 5.89. The predicted molar refractivity (Wildman–Crippen MR) is 73.2 cm³/mol. The molecule has 0 bridgehead atoms. The average molecular weight is 294 g/mol. The van der Waals surface area contributed by atoms with Crippen molar-refractivity contribution in [3.8, 4) is 11.1 Å². The zero-order valence-corrected chi connectivity index (χ0v) is 11.2. The second kappa shape index (κ2) is 5.60. The summed E-state index contributed by atoms with van der Waals surface area (Å²) in [5.41, 5.74) is -0.0383. The molecule has 0 unspecified atom stereocenters. The van der Waals surface area contributed by atoms with Gasteiger partial charge in [-0.05, 0) is 35.2 Å². The Labute approximate surface area is 119 Å². The van der Waals surface area contributed by atoms with Crippen LogP contribution in [0.4, 0.5) is 13.2 Å². The van der Waals surface area contributed by atoms with Gasteiger partial charge >= 0.3 is 12.1 Å². The van der Waals surface area contributed by atoms with E-state index in [1.807, 2.05) is 6.92 Å². The first-order chi connectivity index (χ1) is 9.84. The van der Waals surface area contributed by atoms with Gasteiger partial charge in [-0.3, -0.25) is 0 Å². The van der Waals surface area contributed by atoms with Gasteiger partial charge in [-0.15, -0.1) is 0 Å². The van der Waals surface area contributed by atoms with E-state index in [4.69, 9.17) is 5.11 Å². The van der Waals surface area contributed by atoms with E-state index in [1.165, 1.54) is 12.1 Å². The second-order valence-corrected chi connectivity index (χ2v) is 4.57.